The van der Waals surface area contributed by atoms with Gasteiger partial charge in [0, 0.05) is 51.2 Å². The normalized spacial score (nSPS) is 33.5. The van der Waals surface area contributed by atoms with E-state index in [2.05, 4.69) is 27.1 Å². The Morgan fingerprint density at radius 2 is 1.86 bits per heavy atom. The van der Waals surface area contributed by atoms with Crippen LogP contribution in [0.5, 0.6) is 0 Å². The van der Waals surface area contributed by atoms with E-state index in [-0.39, 0.29) is 6.04 Å². The van der Waals surface area contributed by atoms with Gasteiger partial charge in [0.2, 0.25) is 0 Å². The lowest BCUT2D eigenvalue weighted by Gasteiger charge is -2.42. The van der Waals surface area contributed by atoms with Crippen molar-refractivity contribution in [2.45, 2.75) is 25.1 Å². The van der Waals surface area contributed by atoms with E-state index in [0.717, 1.165) is 31.8 Å². The van der Waals surface area contributed by atoms with Crippen LogP contribution in [0, 0.1) is 5.92 Å². The summed E-state index contributed by atoms with van der Waals surface area (Å²) >= 11 is 0. The molecule has 3 aliphatic heterocycles. The van der Waals surface area contributed by atoms with Crippen LogP contribution in [0.4, 0.5) is 4.39 Å². The highest BCUT2D eigenvalue weighted by Crippen LogP contribution is 2.25. The van der Waals surface area contributed by atoms with E-state index in [1.165, 1.54) is 32.7 Å². The second kappa shape index (κ2) is 7.15. The van der Waals surface area contributed by atoms with Gasteiger partial charge in [-0.05, 0) is 38.9 Å². The van der Waals surface area contributed by atoms with Crippen LogP contribution in [0.2, 0.25) is 0 Å². The molecule has 0 radical (unpaired) electrons. The molecule has 0 saturated carbocycles. The smallest absolute Gasteiger partial charge is 0.138 e. The number of nitrogens with two attached hydrogens (primary N) is 1. The molecule has 6 heteroatoms. The molecule has 3 N–H and O–H groups in total. The first-order valence-electron chi connectivity index (χ1n) is 8.61. The first-order chi connectivity index (χ1) is 10.6. The van der Waals surface area contributed by atoms with E-state index in [1.54, 1.807) is 6.20 Å². The molecule has 3 heterocycles. The maximum Gasteiger partial charge on any atom is 0.138 e. The quantitative estimate of drug-likeness (QED) is 0.772. The minimum absolute atomic E-state index is 0.217. The largest absolute Gasteiger partial charge is 0.399 e. The highest BCUT2D eigenvalue weighted by molar-refractivity contribution is 5.13. The van der Waals surface area contributed by atoms with Gasteiger partial charge in [0.15, 0.2) is 0 Å². The molecule has 2 saturated heterocycles. The van der Waals surface area contributed by atoms with E-state index in [4.69, 9.17) is 5.73 Å². The Hall–Kier alpha value is -0.850. The summed E-state index contributed by atoms with van der Waals surface area (Å²) in [5.74, 6) is 0.754. The molecule has 126 valence electrons. The van der Waals surface area contributed by atoms with E-state index >= 15 is 0 Å². The molecular formula is C16H30FN5. The lowest BCUT2D eigenvalue weighted by molar-refractivity contribution is 0.0686. The van der Waals surface area contributed by atoms with Crippen molar-refractivity contribution >= 4 is 0 Å². The monoisotopic (exact) mass is 311 g/mol. The van der Waals surface area contributed by atoms with Gasteiger partial charge in [0.1, 0.15) is 6.17 Å². The highest BCUT2D eigenvalue weighted by Gasteiger charge is 2.34. The summed E-state index contributed by atoms with van der Waals surface area (Å²) in [5.41, 5.74) is 6.65. The average molecular weight is 311 g/mol. The van der Waals surface area contributed by atoms with Crippen LogP contribution in [0.3, 0.4) is 0 Å². The number of hydrogen-bond acceptors (Lipinski definition) is 5. The number of nitrogens with one attached hydrogen (secondary N) is 1. The molecule has 5 nitrogen and oxygen atoms in total. The maximum atomic E-state index is 14.2. The predicted octanol–water partition coefficient (Wildman–Crippen LogP) is 0.0558. The van der Waals surface area contributed by atoms with Crippen molar-refractivity contribution in [2.75, 3.05) is 59.4 Å². The van der Waals surface area contributed by atoms with Crippen molar-refractivity contribution in [2.24, 2.45) is 11.7 Å². The molecule has 22 heavy (non-hydrogen) atoms. The molecule has 3 rings (SSSR count). The van der Waals surface area contributed by atoms with E-state index in [0.29, 0.717) is 12.2 Å². The second-order valence-corrected chi connectivity index (χ2v) is 7.10. The van der Waals surface area contributed by atoms with Gasteiger partial charge in [-0.1, -0.05) is 0 Å². The molecular weight excluding hydrogens is 281 g/mol. The summed E-state index contributed by atoms with van der Waals surface area (Å²) in [4.78, 5) is 7.24. The second-order valence-electron chi connectivity index (χ2n) is 7.10. The first-order valence-corrected chi connectivity index (χ1v) is 8.61. The number of hydrogen-bond donors (Lipinski definition) is 2. The van der Waals surface area contributed by atoms with Crippen molar-refractivity contribution in [3.63, 3.8) is 0 Å². The summed E-state index contributed by atoms with van der Waals surface area (Å²) in [6.07, 6.45) is 3.21. The molecule has 0 aromatic rings. The van der Waals surface area contributed by atoms with Crippen LogP contribution in [-0.4, -0.2) is 86.3 Å². The number of alkyl halides is 1. The van der Waals surface area contributed by atoms with Crippen LogP contribution in [0.15, 0.2) is 11.9 Å². The van der Waals surface area contributed by atoms with Gasteiger partial charge >= 0.3 is 0 Å². The molecule has 2 atom stereocenters. The van der Waals surface area contributed by atoms with Gasteiger partial charge in [-0.3, -0.25) is 4.90 Å². The van der Waals surface area contributed by atoms with Gasteiger partial charge in [0.25, 0.3) is 0 Å². The van der Waals surface area contributed by atoms with Crippen molar-refractivity contribution in [3.05, 3.63) is 11.9 Å². The zero-order valence-corrected chi connectivity index (χ0v) is 13.7. The van der Waals surface area contributed by atoms with Crippen molar-refractivity contribution in [1.29, 1.82) is 0 Å². The third-order valence-electron chi connectivity index (χ3n) is 5.42. The molecule has 0 aromatic heterocycles. The Morgan fingerprint density at radius 1 is 1.18 bits per heavy atom. The summed E-state index contributed by atoms with van der Waals surface area (Å²) in [6, 6.07) is -0.217. The summed E-state index contributed by atoms with van der Waals surface area (Å²) in [7, 11) is 2.19. The zero-order valence-electron chi connectivity index (χ0n) is 13.7. The molecule has 0 aliphatic carbocycles. The Labute approximate surface area is 133 Å². The molecule has 0 amide bonds. The van der Waals surface area contributed by atoms with Crippen molar-refractivity contribution in [1.82, 2.24) is 20.0 Å². The Kier molecular flexibility index (Phi) is 5.21. The van der Waals surface area contributed by atoms with Crippen LogP contribution in [0.1, 0.15) is 12.8 Å². The van der Waals surface area contributed by atoms with Crippen LogP contribution < -0.4 is 11.1 Å². The van der Waals surface area contributed by atoms with E-state index in [1.807, 2.05) is 0 Å². The predicted molar refractivity (Wildman–Crippen MR) is 87.2 cm³/mol. The van der Waals surface area contributed by atoms with Crippen LogP contribution in [0.25, 0.3) is 0 Å². The molecule has 3 aliphatic rings. The lowest BCUT2D eigenvalue weighted by Crippen LogP contribution is -2.54. The van der Waals surface area contributed by atoms with Gasteiger partial charge in [-0.25, -0.2) is 4.39 Å². The van der Waals surface area contributed by atoms with E-state index in [9.17, 15) is 4.39 Å². The minimum Gasteiger partial charge on any atom is -0.399 e. The third-order valence-corrected chi connectivity index (χ3v) is 5.42. The summed E-state index contributed by atoms with van der Waals surface area (Å²) < 4.78 is 14.2. The number of likely N-dealkylation sites (N-methyl/N-ethyl adjacent to an activating group) is 1. The summed E-state index contributed by atoms with van der Waals surface area (Å²) in [5, 5.41) is 2.92. The molecule has 2 unspecified atom stereocenters. The van der Waals surface area contributed by atoms with Crippen LogP contribution in [-0.2, 0) is 0 Å². The number of likely N-dealkylation sites (tertiary alicyclic amines) is 1. The minimum atomic E-state index is -0.890. The number of halogens is 1. The fraction of sp³-hybridized carbons (Fsp3) is 0.875. The standard InChI is InChI=1S/C16H30FN5/c1-20-6-8-21(9-7-20)12-13-2-4-22(5-3-13)16-14(17)10-19-11-15(16)18/h11,13-14,16,19H,2-10,12,18H2,1H3. The number of nitrogens with zero attached hydrogens (tertiary/aromatic N) is 3. The Bertz CT molecular complexity index is 386. The van der Waals surface area contributed by atoms with Gasteiger partial charge in [-0.2, -0.15) is 0 Å². The molecule has 2 fully saturated rings. The zero-order chi connectivity index (χ0) is 15.5. The van der Waals surface area contributed by atoms with Gasteiger partial charge in [0.05, 0.1) is 6.04 Å². The first kappa shape index (κ1) is 16.0. The topological polar surface area (TPSA) is 47.8 Å². The maximum absolute atomic E-state index is 14.2. The fourth-order valence-corrected chi connectivity index (χ4v) is 3.94. The Morgan fingerprint density at radius 3 is 2.50 bits per heavy atom. The van der Waals surface area contributed by atoms with E-state index < -0.39 is 6.17 Å². The molecule has 0 aromatic carbocycles. The van der Waals surface area contributed by atoms with Gasteiger partial charge < -0.3 is 20.9 Å². The molecule has 0 spiro atoms. The molecule has 0 bridgehead atoms. The SMILES string of the molecule is CN1CCN(CC2CCN(C3C(N)=CNCC3F)CC2)CC1. The summed E-state index contributed by atoms with van der Waals surface area (Å²) in [6.45, 7) is 8.26. The number of piperidine rings is 1. The van der Waals surface area contributed by atoms with Crippen molar-refractivity contribution < 1.29 is 4.39 Å². The Balaban J connectivity index is 1.46. The number of rotatable bonds is 3. The third kappa shape index (κ3) is 3.73. The van der Waals surface area contributed by atoms with Crippen LogP contribution >= 0.6 is 0 Å². The average Bonchev–Trinajstić information content (AvgIpc) is 2.51. The highest BCUT2D eigenvalue weighted by atomic mass is 19.1. The van der Waals surface area contributed by atoms with Crippen molar-refractivity contribution in [3.8, 4) is 0 Å². The lowest BCUT2D eigenvalue weighted by atomic mass is 9.93. The number of piperazine rings is 1. The fourth-order valence-electron chi connectivity index (χ4n) is 3.94. The van der Waals surface area contributed by atoms with Gasteiger partial charge in [-0.15, -0.1) is 0 Å².